The van der Waals surface area contributed by atoms with Crippen LogP contribution in [0.1, 0.15) is 17.5 Å². The van der Waals surface area contributed by atoms with Gasteiger partial charge in [-0.05, 0) is 36.1 Å². The van der Waals surface area contributed by atoms with Gasteiger partial charge in [0.2, 0.25) is 0 Å². The highest BCUT2D eigenvalue weighted by atomic mass is 35.5. The molecule has 0 saturated heterocycles. The van der Waals surface area contributed by atoms with Gasteiger partial charge in [-0.25, -0.2) is 0 Å². The van der Waals surface area contributed by atoms with Crippen molar-refractivity contribution in [1.82, 2.24) is 9.78 Å². The molecule has 0 radical (unpaired) electrons. The van der Waals surface area contributed by atoms with Crippen LogP contribution >= 0.6 is 11.6 Å². The van der Waals surface area contributed by atoms with Crippen molar-refractivity contribution in [2.45, 2.75) is 18.3 Å². The van der Waals surface area contributed by atoms with Crippen molar-refractivity contribution in [3.05, 3.63) is 52.8 Å². The maximum atomic E-state index is 9.77. The monoisotopic (exact) mass is 294 g/mol. The van der Waals surface area contributed by atoms with Crippen LogP contribution in [0.25, 0.3) is 0 Å². The van der Waals surface area contributed by atoms with E-state index in [1.54, 1.807) is 23.0 Å². The first kappa shape index (κ1) is 15.0. The molecule has 2 N–H and O–H groups in total. The van der Waals surface area contributed by atoms with Gasteiger partial charge in [-0.1, -0.05) is 23.7 Å². The van der Waals surface area contributed by atoms with E-state index in [2.05, 4.69) is 5.10 Å². The molecule has 0 aliphatic rings. The standard InChI is InChI=1S/C15H19ClN2O2/c1-18-9-12(8-17-18)6-7-15(10-19,11-20)13-2-4-14(16)5-3-13/h2-5,8-9,19-20H,6-7,10-11H2,1H3. The number of aryl methyl sites for hydroxylation is 2. The van der Waals surface area contributed by atoms with Gasteiger partial charge in [-0.15, -0.1) is 0 Å². The van der Waals surface area contributed by atoms with E-state index in [1.807, 2.05) is 25.4 Å². The van der Waals surface area contributed by atoms with Gasteiger partial charge in [0.25, 0.3) is 0 Å². The fraction of sp³-hybridized carbons (Fsp3) is 0.400. The van der Waals surface area contributed by atoms with E-state index >= 15 is 0 Å². The van der Waals surface area contributed by atoms with Crippen LogP contribution in [0.5, 0.6) is 0 Å². The molecular formula is C15H19ClN2O2. The van der Waals surface area contributed by atoms with Crippen molar-refractivity contribution >= 4 is 11.6 Å². The highest BCUT2D eigenvalue weighted by Gasteiger charge is 2.30. The molecule has 4 nitrogen and oxygen atoms in total. The molecule has 0 spiro atoms. The fourth-order valence-corrected chi connectivity index (χ4v) is 2.45. The molecule has 0 unspecified atom stereocenters. The molecule has 0 saturated carbocycles. The van der Waals surface area contributed by atoms with Gasteiger partial charge in [0.05, 0.1) is 19.4 Å². The second-order valence-corrected chi connectivity index (χ2v) is 5.56. The Morgan fingerprint density at radius 2 is 1.85 bits per heavy atom. The Balaban J connectivity index is 2.18. The van der Waals surface area contributed by atoms with Crippen molar-refractivity contribution in [3.63, 3.8) is 0 Å². The molecule has 1 aromatic heterocycles. The third-order valence-electron chi connectivity index (χ3n) is 3.71. The molecule has 1 heterocycles. The molecule has 5 heteroatoms. The van der Waals surface area contributed by atoms with Gasteiger partial charge in [-0.3, -0.25) is 4.68 Å². The first-order valence-corrected chi connectivity index (χ1v) is 6.93. The third kappa shape index (κ3) is 3.20. The molecule has 0 aliphatic heterocycles. The number of nitrogens with zero attached hydrogens (tertiary/aromatic N) is 2. The molecule has 0 amide bonds. The van der Waals surface area contributed by atoms with Crippen molar-refractivity contribution in [1.29, 1.82) is 0 Å². The maximum Gasteiger partial charge on any atom is 0.0550 e. The van der Waals surface area contributed by atoms with Crippen molar-refractivity contribution < 1.29 is 10.2 Å². The molecule has 2 rings (SSSR count). The van der Waals surface area contributed by atoms with Crippen molar-refractivity contribution in [2.75, 3.05) is 13.2 Å². The lowest BCUT2D eigenvalue weighted by atomic mass is 9.77. The minimum atomic E-state index is -0.652. The highest BCUT2D eigenvalue weighted by Crippen LogP contribution is 2.30. The smallest absolute Gasteiger partial charge is 0.0550 e. The van der Waals surface area contributed by atoms with Gasteiger partial charge in [0.15, 0.2) is 0 Å². The lowest BCUT2D eigenvalue weighted by molar-refractivity contribution is 0.109. The van der Waals surface area contributed by atoms with Crippen LogP contribution in [0.15, 0.2) is 36.7 Å². The molecule has 0 aliphatic carbocycles. The topological polar surface area (TPSA) is 58.3 Å². The number of aliphatic hydroxyl groups is 2. The maximum absolute atomic E-state index is 9.77. The van der Waals surface area contributed by atoms with Crippen LogP contribution in [0.4, 0.5) is 0 Å². The van der Waals surface area contributed by atoms with E-state index in [0.717, 1.165) is 17.5 Å². The number of halogens is 1. The zero-order valence-corrected chi connectivity index (χ0v) is 12.2. The number of hydrogen-bond donors (Lipinski definition) is 2. The largest absolute Gasteiger partial charge is 0.395 e. The quantitative estimate of drug-likeness (QED) is 0.856. The molecule has 0 atom stereocenters. The Bertz CT molecular complexity index is 547. The number of aromatic nitrogens is 2. The van der Waals surface area contributed by atoms with Crippen LogP contribution < -0.4 is 0 Å². The van der Waals surface area contributed by atoms with Crippen molar-refractivity contribution in [3.8, 4) is 0 Å². The van der Waals surface area contributed by atoms with Gasteiger partial charge >= 0.3 is 0 Å². The normalized spacial score (nSPS) is 11.8. The molecule has 0 fully saturated rings. The van der Waals surface area contributed by atoms with Crippen LogP contribution in [-0.2, 0) is 18.9 Å². The summed E-state index contributed by atoms with van der Waals surface area (Å²) < 4.78 is 1.75. The Kier molecular flexibility index (Phi) is 4.81. The summed E-state index contributed by atoms with van der Waals surface area (Å²) in [7, 11) is 1.87. The van der Waals surface area contributed by atoms with Gasteiger partial charge in [0.1, 0.15) is 0 Å². The summed E-state index contributed by atoms with van der Waals surface area (Å²) in [6.07, 6.45) is 5.15. The lowest BCUT2D eigenvalue weighted by Gasteiger charge is -2.30. The molecule has 1 aromatic carbocycles. The average Bonchev–Trinajstić information content (AvgIpc) is 2.88. The summed E-state index contributed by atoms with van der Waals surface area (Å²) in [4.78, 5) is 0. The third-order valence-corrected chi connectivity index (χ3v) is 3.96. The summed E-state index contributed by atoms with van der Waals surface area (Å²) in [5.41, 5.74) is 1.34. The van der Waals surface area contributed by atoms with Gasteiger partial charge in [-0.2, -0.15) is 5.10 Å². The summed E-state index contributed by atoms with van der Waals surface area (Å²) in [6.45, 7) is -0.212. The first-order valence-electron chi connectivity index (χ1n) is 6.55. The number of aliphatic hydroxyl groups excluding tert-OH is 2. The van der Waals surface area contributed by atoms with Crippen LogP contribution in [0.2, 0.25) is 5.02 Å². The second-order valence-electron chi connectivity index (χ2n) is 5.13. The fourth-order valence-electron chi connectivity index (χ4n) is 2.32. The molecule has 2 aromatic rings. The molecular weight excluding hydrogens is 276 g/mol. The van der Waals surface area contributed by atoms with Crippen LogP contribution in [0.3, 0.4) is 0 Å². The Morgan fingerprint density at radius 3 is 2.35 bits per heavy atom. The average molecular weight is 295 g/mol. The van der Waals surface area contributed by atoms with Crippen LogP contribution in [-0.4, -0.2) is 33.2 Å². The number of benzene rings is 1. The summed E-state index contributed by atoms with van der Waals surface area (Å²) in [5.74, 6) is 0. The highest BCUT2D eigenvalue weighted by molar-refractivity contribution is 6.30. The zero-order chi connectivity index (χ0) is 14.6. The predicted octanol–water partition coefficient (Wildman–Crippen LogP) is 1.93. The van der Waals surface area contributed by atoms with Crippen LogP contribution in [0, 0.1) is 0 Å². The lowest BCUT2D eigenvalue weighted by Crippen LogP contribution is -2.35. The number of hydrogen-bond acceptors (Lipinski definition) is 3. The van der Waals surface area contributed by atoms with E-state index in [1.165, 1.54) is 0 Å². The Labute approximate surface area is 123 Å². The minimum Gasteiger partial charge on any atom is -0.395 e. The van der Waals surface area contributed by atoms with E-state index in [9.17, 15) is 10.2 Å². The number of rotatable bonds is 6. The predicted molar refractivity (Wildman–Crippen MR) is 78.8 cm³/mol. The molecule has 108 valence electrons. The second kappa shape index (κ2) is 6.39. The van der Waals surface area contributed by atoms with E-state index in [-0.39, 0.29) is 13.2 Å². The van der Waals surface area contributed by atoms with E-state index in [0.29, 0.717) is 11.4 Å². The molecule has 20 heavy (non-hydrogen) atoms. The summed E-state index contributed by atoms with van der Waals surface area (Å²) >= 11 is 5.89. The summed E-state index contributed by atoms with van der Waals surface area (Å²) in [6, 6.07) is 7.28. The van der Waals surface area contributed by atoms with Gasteiger partial charge in [0, 0.05) is 23.7 Å². The Hall–Kier alpha value is -1.36. The van der Waals surface area contributed by atoms with E-state index in [4.69, 9.17) is 11.6 Å². The Morgan fingerprint density at radius 1 is 1.20 bits per heavy atom. The van der Waals surface area contributed by atoms with E-state index < -0.39 is 5.41 Å². The first-order chi connectivity index (χ1) is 9.59. The SMILES string of the molecule is Cn1cc(CCC(CO)(CO)c2ccc(Cl)cc2)cn1. The van der Waals surface area contributed by atoms with Crippen molar-refractivity contribution in [2.24, 2.45) is 7.05 Å². The minimum absolute atomic E-state index is 0.106. The molecule has 0 bridgehead atoms. The van der Waals surface area contributed by atoms with Gasteiger partial charge < -0.3 is 10.2 Å². The zero-order valence-electron chi connectivity index (χ0n) is 11.5. The summed E-state index contributed by atoms with van der Waals surface area (Å²) in [5, 5.41) is 24.3.